The second-order valence-electron chi connectivity index (χ2n) is 24.8. The summed E-state index contributed by atoms with van der Waals surface area (Å²) in [7, 11) is 3.06. The van der Waals surface area contributed by atoms with Crippen LogP contribution in [0.5, 0.6) is 11.5 Å². The number of nitrogens with two attached hydrogens (primary N) is 4. The quantitative estimate of drug-likeness (QED) is 0.0393. The minimum atomic E-state index is -2.94. The van der Waals surface area contributed by atoms with E-state index < -0.39 is 76.4 Å². The number of rotatable bonds is 17. The zero-order valence-corrected chi connectivity index (χ0v) is 61.7. The van der Waals surface area contributed by atoms with Gasteiger partial charge in [-0.15, -0.1) is 0 Å². The van der Waals surface area contributed by atoms with Gasteiger partial charge in [-0.2, -0.15) is 66.2 Å². The van der Waals surface area contributed by atoms with Crippen molar-refractivity contribution in [3.63, 3.8) is 0 Å². The van der Waals surface area contributed by atoms with E-state index in [9.17, 15) is 52.7 Å². The summed E-state index contributed by atoms with van der Waals surface area (Å²) >= 11 is 5.85. The van der Waals surface area contributed by atoms with E-state index in [1.54, 1.807) is 86.0 Å². The maximum absolute atomic E-state index is 14.6. The Hall–Kier alpha value is -14.6. The molecule has 0 saturated heterocycles. The van der Waals surface area contributed by atoms with Crippen LogP contribution in [0.1, 0.15) is 28.9 Å². The molecular weight excluding hydrogens is 1560 g/mol. The standard InChI is InChI=1S/C20H17F3N6O2.C19H15F3N6O.C19H15F3N6.C18H12ClF3N6/c1-30-10-15-26-13-4-2-3-5-14(13)29(15)20-27-17(24)16(21)18(28-20)25-11-6-8-12(9-7-11)31-19(22)23;1-9-24-14-7-12(20)13(21)8-15(14)28(9)19-26-17(23)16(22)18(27-19)25-10-3-5-11(29-2)6-4-10;1-9-3-5-11(6-4-9)25-18-16(22)17(23)26-19(27-18)28-10(2)24-14-7-12(20)13(21)8-15(14)28;1-8-24-13-6-11(20)12(21)7-14(13)28(8)18-26-16(23)15(22)17(27-18)25-10-4-2-9(19)3-5-10/h2-9,19H,10H2,1H3,(H3,24,25,27,28);3-8H,1-2H3,(H3,23,25,26,27);3-8H,1-2H3,(H3,23,25,26,27);2-7H,1H3,(H3,23,25,26,27). The SMILES string of the molecule is COCc1nc2ccccc2n1-c1nc(N)c(F)c(Nc2ccc(OC(F)F)cc2)n1.COc1ccc(Nc2nc(-n3c(C)nc4cc(F)c(F)cc43)nc(N)c2F)cc1.Cc1ccc(Nc2nc(-n3c(C)nc4cc(F)c(F)cc43)nc(N)c2F)cc1.Cc1nc2cc(F)c(F)cc2n1-c1nc(N)c(F)c(Nc2ccc(Cl)cc2)n1. The number of nitrogen functional groups attached to an aromatic ring is 4. The van der Waals surface area contributed by atoms with Gasteiger partial charge in [0, 0.05) is 71.3 Å². The molecule has 0 unspecified atom stereocenters. The molecule has 16 aromatic rings. The van der Waals surface area contributed by atoms with Gasteiger partial charge in [0.25, 0.3) is 0 Å². The third-order valence-corrected chi connectivity index (χ3v) is 17.1. The first kappa shape index (κ1) is 79.5. The summed E-state index contributed by atoms with van der Waals surface area (Å²) in [6.45, 7) is 3.99. The third kappa shape index (κ3) is 17.1. The Morgan fingerprint density at radius 1 is 0.362 bits per heavy atom. The van der Waals surface area contributed by atoms with Crippen LogP contribution in [0, 0.1) is 85.9 Å². The Kier molecular flexibility index (Phi) is 22.8. The van der Waals surface area contributed by atoms with Gasteiger partial charge >= 0.3 is 6.61 Å². The van der Waals surface area contributed by atoms with Crippen molar-refractivity contribution in [2.75, 3.05) is 58.4 Å². The fraction of sp³-hybridized carbons (Fsp3) is 0.105. The number of hydrogen-bond donors (Lipinski definition) is 8. The van der Waals surface area contributed by atoms with Gasteiger partial charge in [-0.1, -0.05) is 41.4 Å². The molecule has 0 amide bonds. The van der Waals surface area contributed by atoms with E-state index in [2.05, 4.69) is 85.8 Å². The molecule has 0 spiro atoms. The summed E-state index contributed by atoms with van der Waals surface area (Å²) in [4.78, 5) is 49.7. The van der Waals surface area contributed by atoms with Crippen molar-refractivity contribution in [1.29, 1.82) is 0 Å². The molecule has 0 aliphatic heterocycles. The molecule has 16 rings (SSSR count). The van der Waals surface area contributed by atoms with E-state index in [1.807, 2.05) is 43.3 Å². The lowest BCUT2D eigenvalue weighted by atomic mass is 10.2. The lowest BCUT2D eigenvalue weighted by Crippen LogP contribution is -2.12. The van der Waals surface area contributed by atoms with E-state index in [1.165, 1.54) is 52.2 Å². The number of nitrogens with zero attached hydrogens (tertiary/aromatic N) is 16. The molecule has 8 heterocycles. The van der Waals surface area contributed by atoms with Gasteiger partial charge in [0.15, 0.2) is 81.4 Å². The van der Waals surface area contributed by atoms with Crippen molar-refractivity contribution >= 4 is 125 Å². The second-order valence-corrected chi connectivity index (χ2v) is 25.3. The highest BCUT2D eigenvalue weighted by molar-refractivity contribution is 6.30. The fourth-order valence-electron chi connectivity index (χ4n) is 11.5. The van der Waals surface area contributed by atoms with Crippen molar-refractivity contribution in [3.05, 3.63) is 250 Å². The maximum atomic E-state index is 14.6. The number of nitrogens with one attached hydrogen (secondary N) is 4. The average molecular weight is 1620 g/mol. The van der Waals surface area contributed by atoms with Crippen LogP contribution >= 0.6 is 11.6 Å². The highest BCUT2D eigenvalue weighted by Gasteiger charge is 2.26. The van der Waals surface area contributed by atoms with Crippen LogP contribution in [0.2, 0.25) is 5.02 Å². The first-order chi connectivity index (χ1) is 55.5. The number of imidazole rings is 4. The van der Waals surface area contributed by atoms with E-state index in [4.69, 9.17) is 44.0 Å². The number of hydrogen-bond acceptors (Lipinski definition) is 23. The van der Waals surface area contributed by atoms with E-state index in [-0.39, 0.29) is 104 Å². The lowest BCUT2D eigenvalue weighted by molar-refractivity contribution is -0.0498. The van der Waals surface area contributed by atoms with Crippen LogP contribution in [-0.4, -0.2) is 98.9 Å². The molecule has 0 aliphatic carbocycles. The number of alkyl halides is 2. The monoisotopic (exact) mass is 1620 g/mol. The van der Waals surface area contributed by atoms with Gasteiger partial charge in [-0.25, -0.2) is 46.3 Å². The van der Waals surface area contributed by atoms with Crippen LogP contribution in [0.3, 0.4) is 0 Å². The van der Waals surface area contributed by atoms with Gasteiger partial charge in [-0.3, -0.25) is 18.3 Å². The van der Waals surface area contributed by atoms with Crippen molar-refractivity contribution in [2.24, 2.45) is 0 Å². The Bertz CT molecular complexity index is 6190. The van der Waals surface area contributed by atoms with Crippen LogP contribution in [0.4, 0.5) is 122 Å². The number of para-hydroxylation sites is 2. The van der Waals surface area contributed by atoms with Gasteiger partial charge < -0.3 is 58.4 Å². The number of anilines is 12. The Labute approximate surface area is 651 Å². The average Bonchev–Trinajstić information content (AvgIpc) is 1.63. The second kappa shape index (κ2) is 33.4. The number of aryl methyl sites for hydroxylation is 4. The summed E-state index contributed by atoms with van der Waals surface area (Å²) in [6.07, 6.45) is 0. The first-order valence-electron chi connectivity index (χ1n) is 33.9. The number of benzene rings is 8. The van der Waals surface area contributed by atoms with Gasteiger partial charge in [0.1, 0.15) is 41.4 Å². The molecule has 592 valence electrons. The number of methoxy groups -OCH3 is 2. The summed E-state index contributed by atoms with van der Waals surface area (Å²) < 4.78 is 185. The Morgan fingerprint density at radius 3 is 1.03 bits per heavy atom. The zero-order valence-electron chi connectivity index (χ0n) is 60.9. The predicted molar refractivity (Wildman–Crippen MR) is 411 cm³/mol. The van der Waals surface area contributed by atoms with Crippen molar-refractivity contribution in [3.8, 4) is 35.3 Å². The molecule has 12 N–H and O–H groups in total. The molecule has 0 saturated carbocycles. The van der Waals surface area contributed by atoms with Crippen molar-refractivity contribution in [1.82, 2.24) is 78.1 Å². The van der Waals surface area contributed by atoms with E-state index in [0.29, 0.717) is 67.9 Å². The Morgan fingerprint density at radius 2 is 0.681 bits per heavy atom. The molecule has 0 fully saturated rings. The third-order valence-electron chi connectivity index (χ3n) is 16.9. The number of halogens is 13. The van der Waals surface area contributed by atoms with Gasteiger partial charge in [0.2, 0.25) is 47.1 Å². The molecule has 0 atom stereocenters. The highest BCUT2D eigenvalue weighted by Crippen LogP contribution is 2.34. The molecule has 40 heteroatoms. The molecule has 116 heavy (non-hydrogen) atoms. The zero-order chi connectivity index (χ0) is 82.7. The summed E-state index contributed by atoms with van der Waals surface area (Å²) in [6, 6.07) is 39.2. The largest absolute Gasteiger partial charge is 0.497 e. The molecule has 0 aliphatic rings. The molecule has 27 nitrogen and oxygen atoms in total. The van der Waals surface area contributed by atoms with E-state index in [0.717, 1.165) is 42.0 Å². The molecule has 0 radical (unpaired) electrons. The van der Waals surface area contributed by atoms with Crippen LogP contribution in [0.15, 0.2) is 158 Å². The number of ether oxygens (including phenoxy) is 3. The predicted octanol–water partition coefficient (Wildman–Crippen LogP) is 16.6. The summed E-state index contributed by atoms with van der Waals surface area (Å²) in [5.74, 6) is -9.65. The highest BCUT2D eigenvalue weighted by atomic mass is 35.5. The smallest absolute Gasteiger partial charge is 0.387 e. The number of fused-ring (bicyclic) bond motifs is 4. The van der Waals surface area contributed by atoms with Crippen LogP contribution in [-0.2, 0) is 11.3 Å². The maximum Gasteiger partial charge on any atom is 0.387 e. The molecule has 0 bridgehead atoms. The molecular formula is C76H59ClF12N24O3. The van der Waals surface area contributed by atoms with Crippen LogP contribution in [0.25, 0.3) is 67.9 Å². The Balaban J connectivity index is 0.000000135. The molecule has 8 aromatic heterocycles. The first-order valence-corrected chi connectivity index (χ1v) is 34.3. The van der Waals surface area contributed by atoms with Crippen molar-refractivity contribution in [2.45, 2.75) is 40.9 Å². The van der Waals surface area contributed by atoms with Gasteiger partial charge in [0.05, 0.1) is 51.2 Å². The normalized spacial score (nSPS) is 11.2. The van der Waals surface area contributed by atoms with Crippen LogP contribution < -0.4 is 53.7 Å². The minimum Gasteiger partial charge on any atom is -0.497 e. The summed E-state index contributed by atoms with van der Waals surface area (Å²) in [5.41, 5.74) is 28.7. The summed E-state index contributed by atoms with van der Waals surface area (Å²) in [5, 5.41) is 11.8. The number of aromatic nitrogens is 16. The van der Waals surface area contributed by atoms with Gasteiger partial charge in [-0.05, 0) is 125 Å². The lowest BCUT2D eigenvalue weighted by Gasteiger charge is -2.13. The van der Waals surface area contributed by atoms with E-state index >= 15 is 0 Å². The molecule has 8 aromatic carbocycles. The minimum absolute atomic E-state index is 0.0143. The topological polar surface area (TPSA) is 354 Å². The van der Waals surface area contributed by atoms with Crippen molar-refractivity contribution < 1.29 is 66.9 Å². The fourth-order valence-corrected chi connectivity index (χ4v) is 11.6.